The van der Waals surface area contributed by atoms with Gasteiger partial charge in [0.1, 0.15) is 0 Å². The minimum Gasteiger partial charge on any atom is -0.595 e. The zero-order chi connectivity index (χ0) is 23.5. The first-order chi connectivity index (χ1) is 16.0. The molecule has 0 bridgehead atoms. The van der Waals surface area contributed by atoms with E-state index in [-0.39, 0.29) is 5.69 Å². The monoisotopic (exact) mass is 488 g/mol. The van der Waals surface area contributed by atoms with Gasteiger partial charge in [0.2, 0.25) is 0 Å². The van der Waals surface area contributed by atoms with Crippen molar-refractivity contribution in [3.8, 4) is 23.0 Å². The molecule has 1 saturated heterocycles. The molecule has 1 atom stereocenters. The van der Waals surface area contributed by atoms with Gasteiger partial charge < -0.3 is 24.2 Å². The maximum Gasteiger partial charge on any atom is 0.175 e. The van der Waals surface area contributed by atoms with Crippen LogP contribution in [0.4, 0.5) is 5.69 Å². The number of methoxy groups -OCH3 is 4. The Bertz CT molecular complexity index is 1210. The molecule has 33 heavy (non-hydrogen) atoms. The number of thioether (sulfide) groups is 2. The number of quaternary nitrogens is 1. The van der Waals surface area contributed by atoms with Crippen molar-refractivity contribution in [2.45, 2.75) is 0 Å². The average Bonchev–Trinajstić information content (AvgIpc) is 3.37. The van der Waals surface area contributed by atoms with E-state index in [1.807, 2.05) is 18.2 Å². The number of hydrogen-bond acceptors (Lipinski definition) is 9. The summed E-state index contributed by atoms with van der Waals surface area (Å²) in [4.78, 5) is 4.71. The van der Waals surface area contributed by atoms with Crippen LogP contribution in [-0.2, 0) is 0 Å². The first-order valence-corrected chi connectivity index (χ1v) is 12.0. The lowest BCUT2D eigenvalue weighted by molar-refractivity contribution is -0.991. The van der Waals surface area contributed by atoms with Crippen molar-refractivity contribution < 1.29 is 29.4 Å². The maximum atomic E-state index is 12.3. The van der Waals surface area contributed by atoms with Gasteiger partial charge in [0.05, 0.1) is 43.9 Å². The normalized spacial score (nSPS) is 14.3. The van der Waals surface area contributed by atoms with E-state index in [0.29, 0.717) is 34.3 Å². The molecule has 1 unspecified atom stereocenters. The number of benzene rings is 2. The molecule has 174 valence electrons. The van der Waals surface area contributed by atoms with Crippen LogP contribution in [0.25, 0.3) is 16.3 Å². The van der Waals surface area contributed by atoms with Crippen molar-refractivity contribution in [1.82, 2.24) is 4.98 Å². The van der Waals surface area contributed by atoms with E-state index in [1.165, 1.54) is 20.3 Å². The Morgan fingerprint density at radius 1 is 0.909 bits per heavy atom. The topological polar surface area (TPSA) is 97.5 Å². The minimum atomic E-state index is -1.06. The van der Waals surface area contributed by atoms with Crippen molar-refractivity contribution in [3.63, 3.8) is 0 Å². The van der Waals surface area contributed by atoms with Crippen LogP contribution in [0.1, 0.15) is 11.3 Å². The lowest BCUT2D eigenvalue weighted by atomic mass is 9.97. The van der Waals surface area contributed by atoms with E-state index >= 15 is 0 Å². The van der Waals surface area contributed by atoms with Gasteiger partial charge in [-0.05, 0) is 29.7 Å². The third-order valence-electron chi connectivity index (χ3n) is 5.28. The van der Waals surface area contributed by atoms with Crippen LogP contribution in [-0.4, -0.2) is 50.1 Å². The predicted molar refractivity (Wildman–Crippen MR) is 131 cm³/mol. The molecule has 2 N–H and O–H groups in total. The first kappa shape index (κ1) is 23.5. The number of rotatable bonds is 7. The summed E-state index contributed by atoms with van der Waals surface area (Å²) < 4.78 is 22.9. The van der Waals surface area contributed by atoms with Gasteiger partial charge in [0, 0.05) is 34.7 Å². The molecule has 8 nitrogen and oxygen atoms in total. The summed E-state index contributed by atoms with van der Waals surface area (Å²) in [5.74, 6) is 3.84. The fraction of sp³-hybridized carbons (Fsp3) is 0.261. The van der Waals surface area contributed by atoms with E-state index < -0.39 is 5.23 Å². The lowest BCUT2D eigenvalue weighted by Crippen LogP contribution is -2.99. The molecule has 0 amide bonds. The SMILES string of the molecule is COc1cc(C(=C2SCCS2)c2nccc3cc(OC)c(OC)cc23)c([NH+]([O-])O)cc1OC. The van der Waals surface area contributed by atoms with Crippen LogP contribution >= 0.6 is 23.5 Å². The van der Waals surface area contributed by atoms with Crippen LogP contribution in [0.3, 0.4) is 0 Å². The number of hydrogen-bond donors (Lipinski definition) is 2. The van der Waals surface area contributed by atoms with Gasteiger partial charge in [-0.25, -0.2) is 5.21 Å². The van der Waals surface area contributed by atoms with Crippen LogP contribution in [0.2, 0.25) is 0 Å². The van der Waals surface area contributed by atoms with Crippen molar-refractivity contribution in [2.75, 3.05) is 39.9 Å². The molecule has 3 aromatic rings. The fourth-order valence-corrected chi connectivity index (χ4v) is 6.32. The Morgan fingerprint density at radius 3 is 2.09 bits per heavy atom. The van der Waals surface area contributed by atoms with Gasteiger partial charge in [0.15, 0.2) is 28.7 Å². The smallest absolute Gasteiger partial charge is 0.175 e. The summed E-state index contributed by atoms with van der Waals surface area (Å²) in [5.41, 5.74) is 2.05. The second kappa shape index (κ2) is 10.1. The van der Waals surface area contributed by atoms with Crippen LogP contribution in [0.5, 0.6) is 23.0 Å². The molecule has 10 heteroatoms. The fourth-order valence-electron chi connectivity index (χ4n) is 3.75. The number of pyridine rings is 1. The summed E-state index contributed by atoms with van der Waals surface area (Å²) in [6.45, 7) is 0. The third-order valence-corrected chi connectivity index (χ3v) is 8.00. The number of nitrogens with one attached hydrogen (secondary N) is 1. The van der Waals surface area contributed by atoms with Gasteiger partial charge in [-0.3, -0.25) is 4.98 Å². The Kier molecular flexibility index (Phi) is 7.20. The van der Waals surface area contributed by atoms with Gasteiger partial charge in [0.25, 0.3) is 0 Å². The summed E-state index contributed by atoms with van der Waals surface area (Å²) in [5, 5.41) is 23.0. The molecule has 0 spiro atoms. The maximum absolute atomic E-state index is 12.3. The summed E-state index contributed by atoms with van der Waals surface area (Å²) in [6, 6.07) is 8.87. The Balaban J connectivity index is 2.07. The first-order valence-electron chi connectivity index (χ1n) is 10.0. The summed E-state index contributed by atoms with van der Waals surface area (Å²) in [6.07, 6.45) is 1.72. The van der Waals surface area contributed by atoms with Gasteiger partial charge in [-0.1, -0.05) is 0 Å². The molecule has 1 aromatic heterocycles. The van der Waals surface area contributed by atoms with Gasteiger partial charge >= 0.3 is 0 Å². The van der Waals surface area contributed by atoms with Crippen LogP contribution in [0.15, 0.2) is 40.8 Å². The van der Waals surface area contributed by atoms with Gasteiger partial charge in [-0.15, -0.1) is 23.5 Å². The third kappa shape index (κ3) is 4.44. The number of fused-ring (bicyclic) bond motifs is 1. The molecule has 2 aromatic carbocycles. The zero-order valence-electron chi connectivity index (χ0n) is 18.6. The van der Waals surface area contributed by atoms with E-state index in [9.17, 15) is 10.4 Å². The molecule has 2 heterocycles. The largest absolute Gasteiger partial charge is 0.595 e. The molecule has 1 aliphatic heterocycles. The highest BCUT2D eigenvalue weighted by Gasteiger charge is 2.27. The average molecular weight is 489 g/mol. The lowest BCUT2D eigenvalue weighted by Gasteiger charge is -2.21. The molecular weight excluding hydrogens is 464 g/mol. The Morgan fingerprint density at radius 2 is 1.48 bits per heavy atom. The van der Waals surface area contributed by atoms with Crippen molar-refractivity contribution in [2.24, 2.45) is 0 Å². The summed E-state index contributed by atoms with van der Waals surface area (Å²) >= 11 is 3.38. The number of ether oxygens (including phenoxy) is 4. The molecule has 1 fully saturated rings. The van der Waals surface area contributed by atoms with E-state index in [4.69, 9.17) is 23.9 Å². The Hall–Kier alpha value is -2.63. The zero-order valence-corrected chi connectivity index (χ0v) is 20.3. The van der Waals surface area contributed by atoms with E-state index in [1.54, 1.807) is 50.0 Å². The molecule has 0 saturated carbocycles. The van der Waals surface area contributed by atoms with E-state index in [0.717, 1.165) is 32.1 Å². The quantitative estimate of drug-likeness (QED) is 0.480. The summed E-state index contributed by atoms with van der Waals surface area (Å²) in [7, 11) is 6.19. The standard InChI is InChI=1S/C23H24N2O6S2/c1-28-17-9-13-5-6-24-22(14(13)10-18(17)29-2)21(23-32-7-8-33-23)15-11-19(30-3)20(31-4)12-16(15)25(26)27/h5-6,9-12,25-26H,7-8H2,1-4H3. The molecule has 1 aliphatic rings. The molecule has 4 rings (SSSR count). The molecule has 0 aliphatic carbocycles. The number of nitrogens with zero attached hydrogens (tertiary/aromatic N) is 1. The van der Waals surface area contributed by atoms with Crippen molar-refractivity contribution in [3.05, 3.63) is 57.2 Å². The number of aromatic nitrogens is 1. The second-order valence-corrected chi connectivity index (χ2v) is 9.47. The molecular formula is C23H24N2O6S2. The van der Waals surface area contributed by atoms with E-state index in [2.05, 4.69) is 0 Å². The van der Waals surface area contributed by atoms with Crippen LogP contribution in [0, 0.1) is 5.21 Å². The minimum absolute atomic E-state index is 0.113. The molecule has 0 radical (unpaired) electrons. The predicted octanol–water partition coefficient (Wildman–Crippen LogP) is 3.87. The van der Waals surface area contributed by atoms with Crippen molar-refractivity contribution >= 4 is 45.6 Å². The van der Waals surface area contributed by atoms with Crippen molar-refractivity contribution in [1.29, 1.82) is 0 Å². The highest BCUT2D eigenvalue weighted by atomic mass is 32.2. The van der Waals surface area contributed by atoms with Gasteiger partial charge in [-0.2, -0.15) is 5.23 Å². The highest BCUT2D eigenvalue weighted by molar-refractivity contribution is 8.25. The van der Waals surface area contributed by atoms with Crippen LogP contribution < -0.4 is 24.2 Å². The second-order valence-electron chi connectivity index (χ2n) is 7.01. The highest BCUT2D eigenvalue weighted by Crippen LogP contribution is 2.48. The Labute approximate surface area is 200 Å².